The second-order valence-electron chi connectivity index (χ2n) is 4.56. The molecule has 3 N–H and O–H groups in total. The van der Waals surface area contributed by atoms with Crippen molar-refractivity contribution in [3.05, 3.63) is 29.8 Å². The van der Waals surface area contributed by atoms with Crippen LogP contribution in [0.1, 0.15) is 18.9 Å². The first kappa shape index (κ1) is 10.8. The van der Waals surface area contributed by atoms with Crippen LogP contribution in [0.2, 0.25) is 0 Å². The zero-order valence-electron chi connectivity index (χ0n) is 9.66. The number of nitrogen functional groups attached to an aromatic ring is 1. The van der Waals surface area contributed by atoms with Crippen LogP contribution in [0.5, 0.6) is 0 Å². The van der Waals surface area contributed by atoms with Crippen LogP contribution in [-0.4, -0.2) is 24.5 Å². The van der Waals surface area contributed by atoms with Gasteiger partial charge in [0.1, 0.15) is 0 Å². The number of rotatable bonds is 1. The molecule has 1 aromatic carbocycles. The van der Waals surface area contributed by atoms with Gasteiger partial charge in [0, 0.05) is 19.3 Å². The Morgan fingerprint density at radius 1 is 1.50 bits per heavy atom. The Hall–Kier alpha value is -1.71. The smallest absolute Gasteiger partial charge is 0.317 e. The lowest BCUT2D eigenvalue weighted by Crippen LogP contribution is -2.55. The van der Waals surface area contributed by atoms with E-state index in [1.165, 1.54) is 0 Å². The minimum atomic E-state index is -0.307. The van der Waals surface area contributed by atoms with Crippen LogP contribution in [0.3, 0.4) is 0 Å². The third kappa shape index (κ3) is 1.83. The van der Waals surface area contributed by atoms with Crippen LogP contribution >= 0.6 is 0 Å². The Balaban J connectivity index is 2.29. The summed E-state index contributed by atoms with van der Waals surface area (Å²) in [5, 5.41) is 3.02. The van der Waals surface area contributed by atoms with E-state index in [2.05, 4.69) is 5.32 Å². The molecule has 2 amide bonds. The second kappa shape index (κ2) is 3.70. The van der Waals surface area contributed by atoms with Crippen LogP contribution in [0.4, 0.5) is 10.5 Å². The van der Waals surface area contributed by atoms with Gasteiger partial charge in [-0.05, 0) is 31.0 Å². The summed E-state index contributed by atoms with van der Waals surface area (Å²) in [5.74, 6) is 0. The highest BCUT2D eigenvalue weighted by molar-refractivity contribution is 5.76. The monoisotopic (exact) mass is 219 g/mol. The van der Waals surface area contributed by atoms with E-state index < -0.39 is 0 Å². The molecule has 2 rings (SSSR count). The normalized spacial score (nSPS) is 25.4. The lowest BCUT2D eigenvalue weighted by Gasteiger charge is -2.39. The van der Waals surface area contributed by atoms with E-state index in [0.717, 1.165) is 24.2 Å². The maximum absolute atomic E-state index is 11.7. The van der Waals surface area contributed by atoms with Gasteiger partial charge in [-0.2, -0.15) is 0 Å². The van der Waals surface area contributed by atoms with Crippen molar-refractivity contribution < 1.29 is 4.79 Å². The molecule has 1 saturated heterocycles. The predicted octanol–water partition coefficient (Wildman–Crippen LogP) is 1.53. The average molecular weight is 219 g/mol. The van der Waals surface area contributed by atoms with Gasteiger partial charge in [-0.15, -0.1) is 0 Å². The molecule has 16 heavy (non-hydrogen) atoms. The zero-order chi connectivity index (χ0) is 11.8. The van der Waals surface area contributed by atoms with E-state index in [-0.39, 0.29) is 11.6 Å². The molecule has 0 spiro atoms. The van der Waals surface area contributed by atoms with E-state index in [1.54, 1.807) is 11.9 Å². The van der Waals surface area contributed by atoms with E-state index in [0.29, 0.717) is 0 Å². The van der Waals surface area contributed by atoms with Crippen molar-refractivity contribution >= 4 is 11.7 Å². The Labute approximate surface area is 95.4 Å². The molecule has 4 heteroatoms. The van der Waals surface area contributed by atoms with E-state index in [9.17, 15) is 4.79 Å². The van der Waals surface area contributed by atoms with Crippen LogP contribution in [0, 0.1) is 0 Å². The summed E-state index contributed by atoms with van der Waals surface area (Å²) in [7, 11) is 1.80. The molecule has 1 fully saturated rings. The number of nitrogens with two attached hydrogens (primary N) is 1. The summed E-state index contributed by atoms with van der Waals surface area (Å²) >= 11 is 0. The summed E-state index contributed by atoms with van der Waals surface area (Å²) < 4.78 is 0. The van der Waals surface area contributed by atoms with Crippen LogP contribution in [-0.2, 0) is 5.54 Å². The highest BCUT2D eigenvalue weighted by atomic mass is 16.2. The van der Waals surface area contributed by atoms with Gasteiger partial charge in [0.15, 0.2) is 0 Å². The predicted molar refractivity (Wildman–Crippen MR) is 64.0 cm³/mol. The van der Waals surface area contributed by atoms with E-state index >= 15 is 0 Å². The fraction of sp³-hybridized carbons (Fsp3) is 0.417. The van der Waals surface area contributed by atoms with Gasteiger partial charge in [0.2, 0.25) is 0 Å². The number of amides is 2. The molecule has 0 aromatic heterocycles. The van der Waals surface area contributed by atoms with Crippen molar-refractivity contribution in [2.24, 2.45) is 0 Å². The molecule has 0 saturated carbocycles. The molecule has 1 heterocycles. The van der Waals surface area contributed by atoms with E-state index in [4.69, 9.17) is 5.73 Å². The number of hydrogen-bond acceptors (Lipinski definition) is 2. The Morgan fingerprint density at radius 3 is 2.88 bits per heavy atom. The maximum atomic E-state index is 11.7. The van der Waals surface area contributed by atoms with Gasteiger partial charge in [0.25, 0.3) is 0 Å². The fourth-order valence-electron chi connectivity index (χ4n) is 1.99. The average Bonchev–Trinajstić information content (AvgIpc) is 2.24. The van der Waals surface area contributed by atoms with Gasteiger partial charge < -0.3 is 16.0 Å². The molecule has 1 unspecified atom stereocenters. The summed E-state index contributed by atoms with van der Waals surface area (Å²) in [6.07, 6.45) is 0.888. The standard InChI is InChI=1S/C12H17N3O/c1-12(6-7-15(2)11(16)14-12)9-4-3-5-10(13)8-9/h3-5,8H,6-7,13H2,1-2H3,(H,14,16). The third-order valence-electron chi connectivity index (χ3n) is 3.20. The lowest BCUT2D eigenvalue weighted by atomic mass is 9.87. The molecule has 86 valence electrons. The summed E-state index contributed by atoms with van der Waals surface area (Å²) in [6, 6.07) is 7.66. The number of hydrogen-bond donors (Lipinski definition) is 2. The lowest BCUT2D eigenvalue weighted by molar-refractivity contribution is 0.164. The van der Waals surface area contributed by atoms with Crippen molar-refractivity contribution in [1.82, 2.24) is 10.2 Å². The molecule has 1 atom stereocenters. The molecule has 1 aliphatic rings. The van der Waals surface area contributed by atoms with Gasteiger partial charge in [0.05, 0.1) is 5.54 Å². The summed E-state index contributed by atoms with van der Waals surface area (Å²) in [4.78, 5) is 13.3. The molecular formula is C12H17N3O. The quantitative estimate of drug-likeness (QED) is 0.704. The number of nitrogens with one attached hydrogen (secondary N) is 1. The number of carbonyl (C=O) groups excluding carboxylic acids is 1. The molecular weight excluding hydrogens is 202 g/mol. The Bertz CT molecular complexity index is 418. The van der Waals surface area contributed by atoms with Gasteiger partial charge >= 0.3 is 6.03 Å². The Kier molecular flexibility index (Phi) is 2.50. The van der Waals surface area contributed by atoms with Crippen molar-refractivity contribution in [3.8, 4) is 0 Å². The van der Waals surface area contributed by atoms with Crippen molar-refractivity contribution in [2.75, 3.05) is 19.3 Å². The van der Waals surface area contributed by atoms with Crippen molar-refractivity contribution in [1.29, 1.82) is 0 Å². The first-order chi connectivity index (χ1) is 7.51. The maximum Gasteiger partial charge on any atom is 0.317 e. The number of nitrogens with zero attached hydrogens (tertiary/aromatic N) is 1. The highest BCUT2D eigenvalue weighted by Crippen LogP contribution is 2.28. The second-order valence-corrected chi connectivity index (χ2v) is 4.56. The SMILES string of the molecule is CN1CCC(C)(c2cccc(N)c2)NC1=O. The van der Waals surface area contributed by atoms with Crippen molar-refractivity contribution in [2.45, 2.75) is 18.9 Å². The van der Waals surface area contributed by atoms with Gasteiger partial charge in [-0.1, -0.05) is 12.1 Å². The Morgan fingerprint density at radius 2 is 2.25 bits per heavy atom. The zero-order valence-corrected chi connectivity index (χ0v) is 9.66. The molecule has 1 aliphatic heterocycles. The first-order valence-electron chi connectivity index (χ1n) is 5.40. The molecule has 1 aromatic rings. The van der Waals surface area contributed by atoms with Crippen molar-refractivity contribution in [3.63, 3.8) is 0 Å². The molecule has 0 aliphatic carbocycles. The topological polar surface area (TPSA) is 58.4 Å². The molecule has 0 radical (unpaired) electrons. The van der Waals surface area contributed by atoms with Crippen LogP contribution < -0.4 is 11.1 Å². The third-order valence-corrected chi connectivity index (χ3v) is 3.20. The first-order valence-corrected chi connectivity index (χ1v) is 5.40. The number of anilines is 1. The number of benzene rings is 1. The largest absolute Gasteiger partial charge is 0.399 e. The van der Waals surface area contributed by atoms with E-state index in [1.807, 2.05) is 31.2 Å². The highest BCUT2D eigenvalue weighted by Gasteiger charge is 2.34. The van der Waals surface area contributed by atoms with Crippen LogP contribution in [0.25, 0.3) is 0 Å². The van der Waals surface area contributed by atoms with Gasteiger partial charge in [-0.25, -0.2) is 4.79 Å². The fourth-order valence-corrected chi connectivity index (χ4v) is 1.99. The molecule has 4 nitrogen and oxygen atoms in total. The number of carbonyl (C=O) groups is 1. The minimum Gasteiger partial charge on any atom is -0.399 e. The van der Waals surface area contributed by atoms with Crippen LogP contribution in [0.15, 0.2) is 24.3 Å². The minimum absolute atomic E-state index is 0.0313. The summed E-state index contributed by atoms with van der Waals surface area (Å²) in [5.41, 5.74) is 7.25. The summed E-state index contributed by atoms with van der Waals surface area (Å²) in [6.45, 7) is 2.80. The molecule has 0 bridgehead atoms. The number of urea groups is 1. The van der Waals surface area contributed by atoms with Gasteiger partial charge in [-0.3, -0.25) is 0 Å².